The molecule has 1 atom stereocenters. The van der Waals surface area contributed by atoms with Crippen LogP contribution in [0.4, 0.5) is 11.8 Å². The summed E-state index contributed by atoms with van der Waals surface area (Å²) in [5.41, 5.74) is 3.39. The molecule has 1 aromatic rings. The van der Waals surface area contributed by atoms with E-state index in [0.29, 0.717) is 11.9 Å². The zero-order chi connectivity index (χ0) is 12.7. The van der Waals surface area contributed by atoms with E-state index in [-0.39, 0.29) is 6.61 Å². The standard InChI is InChI=1S/C11H21N5O/c1-3-9(4-5-17)7-13-10-8(2)6-14-11(15-10)16-12/h6,9,17H,3-5,7,12H2,1-2H3,(H2,13,14,15,16). The van der Waals surface area contributed by atoms with Gasteiger partial charge in [-0.2, -0.15) is 4.98 Å². The second kappa shape index (κ2) is 7.03. The van der Waals surface area contributed by atoms with Gasteiger partial charge in [0, 0.05) is 24.9 Å². The lowest BCUT2D eigenvalue weighted by Crippen LogP contribution is -2.18. The monoisotopic (exact) mass is 239 g/mol. The third-order valence-corrected chi connectivity index (χ3v) is 2.77. The highest BCUT2D eigenvalue weighted by molar-refractivity contribution is 5.45. The molecular weight excluding hydrogens is 218 g/mol. The number of nitrogens with one attached hydrogen (secondary N) is 2. The van der Waals surface area contributed by atoms with Gasteiger partial charge in [0.25, 0.3) is 0 Å². The van der Waals surface area contributed by atoms with Gasteiger partial charge in [0.05, 0.1) is 0 Å². The molecule has 5 N–H and O–H groups in total. The Labute approximate surface area is 102 Å². The van der Waals surface area contributed by atoms with E-state index in [1.807, 2.05) is 6.92 Å². The zero-order valence-corrected chi connectivity index (χ0v) is 10.4. The van der Waals surface area contributed by atoms with E-state index in [1.54, 1.807) is 6.20 Å². The molecule has 6 heteroatoms. The summed E-state index contributed by atoms with van der Waals surface area (Å²) in [4.78, 5) is 8.25. The fourth-order valence-electron chi connectivity index (χ4n) is 1.56. The van der Waals surface area contributed by atoms with Crippen molar-refractivity contribution in [2.45, 2.75) is 26.7 Å². The number of aromatic nitrogens is 2. The zero-order valence-electron chi connectivity index (χ0n) is 10.4. The molecule has 1 unspecified atom stereocenters. The van der Waals surface area contributed by atoms with E-state index >= 15 is 0 Å². The Morgan fingerprint density at radius 2 is 2.29 bits per heavy atom. The molecule has 1 rings (SSSR count). The smallest absolute Gasteiger partial charge is 0.239 e. The Kier molecular flexibility index (Phi) is 5.65. The van der Waals surface area contributed by atoms with Gasteiger partial charge in [-0.15, -0.1) is 0 Å². The molecule has 6 nitrogen and oxygen atoms in total. The first-order valence-electron chi connectivity index (χ1n) is 5.86. The average molecular weight is 239 g/mol. The Hall–Kier alpha value is -1.40. The van der Waals surface area contributed by atoms with Crippen LogP contribution in [0.1, 0.15) is 25.3 Å². The molecule has 0 bridgehead atoms. The maximum atomic E-state index is 8.92. The van der Waals surface area contributed by atoms with Crippen LogP contribution in [0.3, 0.4) is 0 Å². The first-order valence-corrected chi connectivity index (χ1v) is 5.86. The van der Waals surface area contributed by atoms with Gasteiger partial charge in [-0.3, -0.25) is 5.43 Å². The number of anilines is 2. The third-order valence-electron chi connectivity index (χ3n) is 2.77. The maximum Gasteiger partial charge on any atom is 0.239 e. The Balaban J connectivity index is 2.60. The molecule has 0 radical (unpaired) electrons. The highest BCUT2D eigenvalue weighted by atomic mass is 16.3. The first-order chi connectivity index (χ1) is 8.21. The van der Waals surface area contributed by atoms with Crippen LogP contribution in [0.25, 0.3) is 0 Å². The maximum absolute atomic E-state index is 8.92. The molecule has 0 aromatic carbocycles. The second-order valence-electron chi connectivity index (χ2n) is 4.04. The summed E-state index contributed by atoms with van der Waals surface area (Å²) in [6.45, 7) is 5.06. The summed E-state index contributed by atoms with van der Waals surface area (Å²) in [5.74, 6) is 6.89. The van der Waals surface area contributed by atoms with Crippen molar-refractivity contribution in [1.29, 1.82) is 0 Å². The molecule has 0 spiro atoms. The van der Waals surface area contributed by atoms with Gasteiger partial charge < -0.3 is 10.4 Å². The lowest BCUT2D eigenvalue weighted by molar-refractivity contribution is 0.258. The van der Waals surface area contributed by atoms with E-state index in [4.69, 9.17) is 10.9 Å². The van der Waals surface area contributed by atoms with Crippen molar-refractivity contribution in [3.8, 4) is 0 Å². The van der Waals surface area contributed by atoms with Gasteiger partial charge >= 0.3 is 0 Å². The minimum atomic E-state index is 0.221. The second-order valence-corrected chi connectivity index (χ2v) is 4.04. The number of hydrogen-bond donors (Lipinski definition) is 4. The van der Waals surface area contributed by atoms with Crippen LogP contribution in [-0.4, -0.2) is 28.2 Å². The number of nitrogens with two attached hydrogens (primary N) is 1. The average Bonchev–Trinajstić information content (AvgIpc) is 2.36. The van der Waals surface area contributed by atoms with E-state index < -0.39 is 0 Å². The third kappa shape index (κ3) is 4.16. The van der Waals surface area contributed by atoms with Gasteiger partial charge in [-0.25, -0.2) is 10.8 Å². The fraction of sp³-hybridized carbons (Fsp3) is 0.636. The van der Waals surface area contributed by atoms with Gasteiger partial charge in [0.1, 0.15) is 5.82 Å². The number of hydrogen-bond acceptors (Lipinski definition) is 6. The van der Waals surface area contributed by atoms with Crippen LogP contribution >= 0.6 is 0 Å². The molecule has 0 aliphatic heterocycles. The van der Waals surface area contributed by atoms with Crippen molar-refractivity contribution in [2.24, 2.45) is 11.8 Å². The molecule has 0 saturated heterocycles. The fourth-order valence-corrected chi connectivity index (χ4v) is 1.56. The number of hydrazine groups is 1. The van der Waals surface area contributed by atoms with Crippen LogP contribution in [0, 0.1) is 12.8 Å². The summed E-state index contributed by atoms with van der Waals surface area (Å²) in [5, 5.41) is 12.2. The minimum Gasteiger partial charge on any atom is -0.396 e. The SMILES string of the molecule is CCC(CCO)CNc1nc(NN)ncc1C. The largest absolute Gasteiger partial charge is 0.396 e. The van der Waals surface area contributed by atoms with Crippen molar-refractivity contribution in [1.82, 2.24) is 9.97 Å². The van der Waals surface area contributed by atoms with Gasteiger partial charge in [-0.1, -0.05) is 13.3 Å². The molecule has 0 aliphatic rings. The van der Waals surface area contributed by atoms with Crippen molar-refractivity contribution < 1.29 is 5.11 Å². The summed E-state index contributed by atoms with van der Waals surface area (Å²) < 4.78 is 0. The quantitative estimate of drug-likeness (QED) is 0.417. The number of aryl methyl sites for hydroxylation is 1. The van der Waals surface area contributed by atoms with Crippen LogP contribution in [0.15, 0.2) is 6.20 Å². The normalized spacial score (nSPS) is 12.2. The lowest BCUT2D eigenvalue weighted by Gasteiger charge is -2.16. The minimum absolute atomic E-state index is 0.221. The summed E-state index contributed by atoms with van der Waals surface area (Å²) in [6.07, 6.45) is 3.55. The van der Waals surface area contributed by atoms with E-state index in [2.05, 4.69) is 27.6 Å². The topological polar surface area (TPSA) is 96.1 Å². The predicted molar refractivity (Wildman–Crippen MR) is 68.6 cm³/mol. The van der Waals surface area contributed by atoms with E-state index in [9.17, 15) is 0 Å². The molecule has 0 saturated carbocycles. The lowest BCUT2D eigenvalue weighted by atomic mass is 10.0. The summed E-state index contributed by atoms with van der Waals surface area (Å²) in [6, 6.07) is 0. The van der Waals surface area contributed by atoms with Crippen LogP contribution < -0.4 is 16.6 Å². The molecule has 0 amide bonds. The first kappa shape index (κ1) is 13.7. The molecule has 17 heavy (non-hydrogen) atoms. The summed E-state index contributed by atoms with van der Waals surface area (Å²) in [7, 11) is 0. The van der Waals surface area contributed by atoms with Crippen molar-refractivity contribution in [3.05, 3.63) is 11.8 Å². The highest BCUT2D eigenvalue weighted by Gasteiger charge is 2.08. The van der Waals surface area contributed by atoms with Crippen LogP contribution in [-0.2, 0) is 0 Å². The number of nitrogen functional groups attached to an aromatic ring is 1. The van der Waals surface area contributed by atoms with Crippen molar-refractivity contribution in [3.63, 3.8) is 0 Å². The molecular formula is C11H21N5O. The van der Waals surface area contributed by atoms with Crippen LogP contribution in [0.5, 0.6) is 0 Å². The highest BCUT2D eigenvalue weighted by Crippen LogP contribution is 2.14. The molecule has 1 aromatic heterocycles. The number of nitrogens with zero attached hydrogens (tertiary/aromatic N) is 2. The van der Waals surface area contributed by atoms with Gasteiger partial charge in [-0.05, 0) is 19.3 Å². The Morgan fingerprint density at radius 3 is 2.88 bits per heavy atom. The molecule has 96 valence electrons. The van der Waals surface area contributed by atoms with Crippen molar-refractivity contribution >= 4 is 11.8 Å². The van der Waals surface area contributed by atoms with Gasteiger partial charge in [0.15, 0.2) is 0 Å². The number of aliphatic hydroxyl groups is 1. The molecule has 0 fully saturated rings. The Morgan fingerprint density at radius 1 is 1.53 bits per heavy atom. The predicted octanol–water partition coefficient (Wildman–Crippen LogP) is 0.891. The summed E-state index contributed by atoms with van der Waals surface area (Å²) >= 11 is 0. The van der Waals surface area contributed by atoms with Crippen LogP contribution in [0.2, 0.25) is 0 Å². The van der Waals surface area contributed by atoms with Gasteiger partial charge in [0.2, 0.25) is 5.95 Å². The number of aliphatic hydroxyl groups excluding tert-OH is 1. The number of rotatable bonds is 7. The van der Waals surface area contributed by atoms with Crippen molar-refractivity contribution in [2.75, 3.05) is 23.9 Å². The molecule has 1 heterocycles. The molecule has 0 aliphatic carbocycles. The van der Waals surface area contributed by atoms with E-state index in [1.165, 1.54) is 0 Å². The van der Waals surface area contributed by atoms with E-state index in [0.717, 1.165) is 30.8 Å². The Bertz CT molecular complexity index is 345.